The molecule has 1 saturated heterocycles. The number of nitrogen functional groups attached to an aromatic ring is 1. The lowest BCUT2D eigenvalue weighted by Gasteiger charge is -2.28. The van der Waals surface area contributed by atoms with Gasteiger partial charge in [-0.25, -0.2) is 4.98 Å². The summed E-state index contributed by atoms with van der Waals surface area (Å²) in [5, 5.41) is 0.644. The van der Waals surface area contributed by atoms with Crippen LogP contribution in [0.2, 0.25) is 0 Å². The minimum Gasteiger partial charge on any atom is -0.488 e. The molecule has 3 aromatic heterocycles. The molecule has 9 heteroatoms. The average Bonchev–Trinajstić information content (AvgIpc) is 3.31. The van der Waals surface area contributed by atoms with Crippen molar-refractivity contribution in [3.63, 3.8) is 0 Å². The number of morpholine rings is 1. The maximum absolute atomic E-state index is 13.1. The first-order chi connectivity index (χ1) is 17.2. The minimum atomic E-state index is -0.311. The topological polar surface area (TPSA) is 122 Å². The van der Waals surface area contributed by atoms with Crippen molar-refractivity contribution >= 4 is 33.3 Å². The number of imidazole rings is 1. The van der Waals surface area contributed by atoms with Crippen LogP contribution in [0.15, 0.2) is 65.7 Å². The Hall–Kier alpha value is -4.37. The van der Waals surface area contributed by atoms with E-state index in [4.69, 9.17) is 15.2 Å². The molecule has 0 aliphatic carbocycles. The van der Waals surface area contributed by atoms with Crippen LogP contribution >= 0.6 is 0 Å². The molecular formula is C26H24N6O3. The number of hydrogen-bond acceptors (Lipinski definition) is 7. The molecule has 0 amide bonds. The Labute approximate surface area is 200 Å². The lowest BCUT2D eigenvalue weighted by molar-refractivity contribution is 0.122. The van der Waals surface area contributed by atoms with Crippen molar-refractivity contribution in [1.29, 1.82) is 0 Å². The number of rotatable bonds is 5. The van der Waals surface area contributed by atoms with Gasteiger partial charge in [0.25, 0.3) is 5.56 Å². The molecule has 4 heterocycles. The summed E-state index contributed by atoms with van der Waals surface area (Å²) in [4.78, 5) is 30.3. The summed E-state index contributed by atoms with van der Waals surface area (Å²) >= 11 is 0. The number of anilines is 2. The van der Waals surface area contributed by atoms with Gasteiger partial charge in [-0.3, -0.25) is 9.78 Å². The predicted octanol–water partition coefficient (Wildman–Crippen LogP) is 3.46. The van der Waals surface area contributed by atoms with E-state index in [1.807, 2.05) is 48.5 Å². The maximum atomic E-state index is 13.1. The Balaban J connectivity index is 1.41. The zero-order valence-corrected chi connectivity index (χ0v) is 19.0. The highest BCUT2D eigenvalue weighted by Gasteiger charge is 2.19. The number of nitrogens with one attached hydrogen (secondary N) is 2. The number of hydrogen-bond donors (Lipinski definition) is 3. The van der Waals surface area contributed by atoms with E-state index >= 15 is 0 Å². The van der Waals surface area contributed by atoms with E-state index in [0.717, 1.165) is 35.4 Å². The van der Waals surface area contributed by atoms with Crippen molar-refractivity contribution in [3.05, 3.63) is 76.8 Å². The Morgan fingerprint density at radius 2 is 1.86 bits per heavy atom. The van der Waals surface area contributed by atoms with Gasteiger partial charge in [-0.1, -0.05) is 6.07 Å². The summed E-state index contributed by atoms with van der Waals surface area (Å²) in [6, 6.07) is 15.3. The molecule has 0 atom stereocenters. The van der Waals surface area contributed by atoms with Gasteiger partial charge in [-0.05, 0) is 48.0 Å². The summed E-state index contributed by atoms with van der Waals surface area (Å²) in [5.41, 5.74) is 11.2. The lowest BCUT2D eigenvalue weighted by atomic mass is 10.1. The molecule has 0 bridgehead atoms. The summed E-state index contributed by atoms with van der Waals surface area (Å²) < 4.78 is 11.5. The second kappa shape index (κ2) is 8.77. The Kier molecular flexibility index (Phi) is 5.31. The van der Waals surface area contributed by atoms with Crippen molar-refractivity contribution in [2.75, 3.05) is 36.9 Å². The number of benzene rings is 2. The van der Waals surface area contributed by atoms with Gasteiger partial charge < -0.3 is 30.1 Å². The first-order valence-electron chi connectivity index (χ1n) is 11.5. The van der Waals surface area contributed by atoms with E-state index in [0.29, 0.717) is 53.5 Å². The van der Waals surface area contributed by atoms with Gasteiger partial charge in [-0.15, -0.1) is 0 Å². The SMILES string of the molecule is Nc1c(-c2nc3ccc(N4CCOCC4)cc3[nH]2)c(=O)[nH]c2cccc(OCc3ccncc3)c12. The van der Waals surface area contributed by atoms with E-state index in [-0.39, 0.29) is 5.56 Å². The monoisotopic (exact) mass is 468 g/mol. The van der Waals surface area contributed by atoms with Gasteiger partial charge >= 0.3 is 0 Å². The number of fused-ring (bicyclic) bond motifs is 2. The smallest absolute Gasteiger partial charge is 0.261 e. The second-order valence-corrected chi connectivity index (χ2v) is 8.45. The van der Waals surface area contributed by atoms with Gasteiger partial charge in [0.2, 0.25) is 0 Å². The number of aromatic nitrogens is 4. The van der Waals surface area contributed by atoms with Crippen LogP contribution < -0.4 is 20.9 Å². The molecule has 0 unspecified atom stereocenters. The number of pyridine rings is 2. The predicted molar refractivity (Wildman–Crippen MR) is 136 cm³/mol. The van der Waals surface area contributed by atoms with Crippen LogP contribution in [0, 0.1) is 0 Å². The zero-order chi connectivity index (χ0) is 23.8. The highest BCUT2D eigenvalue weighted by molar-refractivity contribution is 6.01. The van der Waals surface area contributed by atoms with Crippen molar-refractivity contribution in [3.8, 4) is 17.1 Å². The van der Waals surface area contributed by atoms with Crippen LogP contribution in [0.25, 0.3) is 33.3 Å². The standard InChI is InChI=1S/C26H24N6O3/c27-24-22-19(2-1-3-21(22)35-15-16-6-8-28-9-7-16)31-26(33)23(24)25-29-18-5-4-17(14-20(18)30-25)32-10-12-34-13-11-32/h1-9,14H,10-13,15H2,(H,29,30)(H3,27,31,33). The van der Waals surface area contributed by atoms with Gasteiger partial charge in [0.15, 0.2) is 0 Å². The molecule has 1 aliphatic rings. The van der Waals surface area contributed by atoms with Crippen LogP contribution in [-0.4, -0.2) is 46.2 Å². The number of nitrogens with zero attached hydrogens (tertiary/aromatic N) is 3. The maximum Gasteiger partial charge on any atom is 0.261 e. The quantitative estimate of drug-likeness (QED) is 0.361. The van der Waals surface area contributed by atoms with Gasteiger partial charge in [-0.2, -0.15) is 0 Å². The van der Waals surface area contributed by atoms with Crippen LogP contribution in [0.5, 0.6) is 5.75 Å². The van der Waals surface area contributed by atoms with E-state index in [1.165, 1.54) is 0 Å². The van der Waals surface area contributed by atoms with E-state index < -0.39 is 0 Å². The fourth-order valence-corrected chi connectivity index (χ4v) is 4.47. The van der Waals surface area contributed by atoms with Crippen LogP contribution in [-0.2, 0) is 11.3 Å². The van der Waals surface area contributed by atoms with E-state index in [9.17, 15) is 4.79 Å². The molecule has 0 radical (unpaired) electrons. The van der Waals surface area contributed by atoms with Gasteiger partial charge in [0.1, 0.15) is 23.7 Å². The Bertz CT molecular complexity index is 1570. The third kappa shape index (κ3) is 3.95. The summed E-state index contributed by atoms with van der Waals surface area (Å²) in [5.74, 6) is 1.00. The van der Waals surface area contributed by atoms with Crippen LogP contribution in [0.3, 0.4) is 0 Å². The summed E-state index contributed by atoms with van der Waals surface area (Å²) in [6.45, 7) is 3.45. The molecule has 1 fully saturated rings. The zero-order valence-electron chi connectivity index (χ0n) is 19.0. The van der Waals surface area contributed by atoms with Crippen molar-refractivity contribution in [2.45, 2.75) is 6.61 Å². The van der Waals surface area contributed by atoms with Crippen LogP contribution in [0.1, 0.15) is 5.56 Å². The summed E-state index contributed by atoms with van der Waals surface area (Å²) in [7, 11) is 0. The minimum absolute atomic E-state index is 0.293. The number of nitrogens with two attached hydrogens (primary N) is 1. The van der Waals surface area contributed by atoms with Crippen molar-refractivity contribution < 1.29 is 9.47 Å². The molecule has 176 valence electrons. The van der Waals surface area contributed by atoms with E-state index in [2.05, 4.69) is 24.8 Å². The lowest BCUT2D eigenvalue weighted by Crippen LogP contribution is -2.36. The molecule has 2 aromatic carbocycles. The third-order valence-electron chi connectivity index (χ3n) is 6.26. The fraction of sp³-hybridized carbons (Fsp3) is 0.192. The second-order valence-electron chi connectivity index (χ2n) is 8.45. The highest BCUT2D eigenvalue weighted by atomic mass is 16.5. The molecule has 6 rings (SSSR count). The molecular weight excluding hydrogens is 444 g/mol. The molecule has 5 aromatic rings. The Morgan fingerprint density at radius 1 is 1.03 bits per heavy atom. The first-order valence-corrected chi connectivity index (χ1v) is 11.5. The highest BCUT2D eigenvalue weighted by Crippen LogP contribution is 2.35. The summed E-state index contributed by atoms with van der Waals surface area (Å²) in [6.07, 6.45) is 3.44. The van der Waals surface area contributed by atoms with E-state index in [1.54, 1.807) is 12.4 Å². The Morgan fingerprint density at radius 3 is 2.69 bits per heavy atom. The molecule has 1 aliphatic heterocycles. The number of H-pyrrole nitrogens is 2. The third-order valence-corrected chi connectivity index (χ3v) is 6.26. The molecule has 0 spiro atoms. The van der Waals surface area contributed by atoms with Crippen molar-refractivity contribution in [1.82, 2.24) is 19.9 Å². The van der Waals surface area contributed by atoms with Gasteiger partial charge in [0, 0.05) is 31.2 Å². The molecule has 9 nitrogen and oxygen atoms in total. The number of ether oxygens (including phenoxy) is 2. The van der Waals surface area contributed by atoms with Crippen LogP contribution in [0.4, 0.5) is 11.4 Å². The number of aromatic amines is 2. The van der Waals surface area contributed by atoms with Crippen molar-refractivity contribution in [2.24, 2.45) is 0 Å². The van der Waals surface area contributed by atoms with Gasteiger partial charge in [0.05, 0.1) is 40.8 Å². The fourth-order valence-electron chi connectivity index (χ4n) is 4.47. The molecule has 35 heavy (non-hydrogen) atoms. The largest absolute Gasteiger partial charge is 0.488 e. The molecule has 4 N–H and O–H groups in total. The molecule has 0 saturated carbocycles. The normalized spacial score (nSPS) is 14.0. The average molecular weight is 469 g/mol. The first kappa shape index (κ1) is 21.2.